The molecule has 0 saturated carbocycles. The number of rotatable bonds is 3. The fraction of sp³-hybridized carbons (Fsp3) is 1.00. The van der Waals surface area contributed by atoms with Crippen molar-refractivity contribution in [2.45, 2.75) is 6.92 Å². The van der Waals surface area contributed by atoms with Gasteiger partial charge >= 0.3 is 0 Å². The van der Waals surface area contributed by atoms with E-state index >= 15 is 0 Å². The van der Waals surface area contributed by atoms with Crippen LogP contribution in [0.3, 0.4) is 0 Å². The minimum atomic E-state index is -3.52. The molecule has 0 aliphatic carbocycles. The molecule has 1 unspecified atom stereocenters. The smallest absolute Gasteiger partial charge is 0.245 e. The summed E-state index contributed by atoms with van der Waals surface area (Å²) in [4.78, 5) is 0. The van der Waals surface area contributed by atoms with Crippen LogP contribution in [0.5, 0.6) is 0 Å². The molecule has 2 N–H and O–H groups in total. The van der Waals surface area contributed by atoms with Gasteiger partial charge in [-0.25, -0.2) is 12.6 Å². The highest BCUT2D eigenvalue weighted by atomic mass is 32.3. The predicted octanol–water partition coefficient (Wildman–Crippen LogP) is -0.938. The van der Waals surface area contributed by atoms with Crippen molar-refractivity contribution in [2.24, 2.45) is 0 Å². The molecule has 56 valence electrons. The molecule has 0 bridgehead atoms. The van der Waals surface area contributed by atoms with Crippen LogP contribution in [-0.4, -0.2) is 22.9 Å². The Morgan fingerprint density at radius 2 is 2.11 bits per heavy atom. The monoisotopic (exact) mass is 173 g/mol. The molecular weight excluding hydrogens is 166 g/mol. The van der Waals surface area contributed by atoms with Crippen molar-refractivity contribution in [3.63, 3.8) is 0 Å². The first-order valence-electron chi connectivity index (χ1n) is 2.09. The number of sulfonamides is 1. The van der Waals surface area contributed by atoms with E-state index in [1.807, 2.05) is 0 Å². The van der Waals surface area contributed by atoms with Gasteiger partial charge in [0.15, 0.2) is 0 Å². The van der Waals surface area contributed by atoms with Gasteiger partial charge in [0.1, 0.15) is 0 Å². The summed E-state index contributed by atoms with van der Waals surface area (Å²) in [5, 5.41) is 0. The predicted molar refractivity (Wildman–Crippen MR) is 33.4 cm³/mol. The Balaban J connectivity index is 4.06. The molecule has 1 atom stereocenters. The zero-order chi connectivity index (χ0) is 7.49. The van der Waals surface area contributed by atoms with Crippen LogP contribution in [0.4, 0.5) is 0 Å². The summed E-state index contributed by atoms with van der Waals surface area (Å²) >= 11 is -2.47. The van der Waals surface area contributed by atoms with Crippen LogP contribution in [-0.2, 0) is 21.3 Å². The first-order chi connectivity index (χ1) is 3.98. The number of nitrogens with one attached hydrogen (secondary N) is 1. The summed E-state index contributed by atoms with van der Waals surface area (Å²) in [6.45, 7) is 1.37. The van der Waals surface area contributed by atoms with Crippen molar-refractivity contribution < 1.29 is 17.2 Å². The number of hydrogen-bond acceptors (Lipinski definition) is 3. The van der Waals surface area contributed by atoms with Crippen molar-refractivity contribution in [2.75, 3.05) is 5.75 Å². The summed E-state index contributed by atoms with van der Waals surface area (Å²) in [6.07, 6.45) is 0. The molecule has 0 aromatic carbocycles. The van der Waals surface area contributed by atoms with Crippen molar-refractivity contribution in [3.05, 3.63) is 0 Å². The van der Waals surface area contributed by atoms with Gasteiger partial charge in [-0.3, -0.25) is 4.55 Å². The molecule has 0 aromatic heterocycles. The van der Waals surface area contributed by atoms with Gasteiger partial charge in [0.2, 0.25) is 21.3 Å². The Morgan fingerprint density at radius 1 is 1.67 bits per heavy atom. The summed E-state index contributed by atoms with van der Waals surface area (Å²) in [5.74, 6) is -0.195. The summed E-state index contributed by atoms with van der Waals surface area (Å²) in [5.41, 5.74) is 0. The van der Waals surface area contributed by atoms with Crippen molar-refractivity contribution in [1.82, 2.24) is 4.13 Å². The van der Waals surface area contributed by atoms with Gasteiger partial charge in [-0.2, -0.15) is 0 Å². The molecule has 0 aromatic rings. The van der Waals surface area contributed by atoms with Gasteiger partial charge in [-0.15, -0.1) is 4.13 Å². The minimum Gasteiger partial charge on any atom is -0.293 e. The number of hydrogen-bond donors (Lipinski definition) is 2. The first kappa shape index (κ1) is 9.02. The standard InChI is InChI=1S/C2H7NO4S2/c1-2-9(6,7)3-8(4)5/h3H,2H2,1H3,(H,4,5). The summed E-state index contributed by atoms with van der Waals surface area (Å²) in [7, 11) is -3.52. The van der Waals surface area contributed by atoms with Crippen LogP contribution in [0.25, 0.3) is 0 Å². The maximum absolute atomic E-state index is 10.3. The molecule has 7 heteroatoms. The quantitative estimate of drug-likeness (QED) is 0.540. The third-order valence-corrected chi connectivity index (χ3v) is 2.92. The van der Waals surface area contributed by atoms with E-state index in [4.69, 9.17) is 4.55 Å². The van der Waals surface area contributed by atoms with Crippen LogP contribution in [0.1, 0.15) is 6.92 Å². The Morgan fingerprint density at radius 3 is 2.22 bits per heavy atom. The van der Waals surface area contributed by atoms with Gasteiger partial charge < -0.3 is 0 Å². The highest BCUT2D eigenvalue weighted by molar-refractivity contribution is 7.99. The van der Waals surface area contributed by atoms with Crippen LogP contribution >= 0.6 is 0 Å². The molecule has 0 heterocycles. The van der Waals surface area contributed by atoms with E-state index < -0.39 is 21.3 Å². The third-order valence-electron chi connectivity index (χ3n) is 0.578. The van der Waals surface area contributed by atoms with Crippen molar-refractivity contribution in [3.8, 4) is 0 Å². The zero-order valence-electron chi connectivity index (χ0n) is 4.70. The summed E-state index contributed by atoms with van der Waals surface area (Å²) in [6, 6.07) is 0. The molecule has 0 aliphatic rings. The van der Waals surface area contributed by atoms with E-state index in [-0.39, 0.29) is 5.75 Å². The molecule has 0 spiro atoms. The second kappa shape index (κ2) is 3.25. The molecule has 0 saturated heterocycles. The summed E-state index contributed by atoms with van der Waals surface area (Å²) < 4.78 is 40.0. The van der Waals surface area contributed by atoms with Crippen molar-refractivity contribution >= 4 is 21.3 Å². The first-order valence-corrected chi connectivity index (χ1v) is 4.85. The van der Waals surface area contributed by atoms with Crippen LogP contribution in [0, 0.1) is 0 Å². The highest BCUT2D eigenvalue weighted by Crippen LogP contribution is 1.81. The lowest BCUT2D eigenvalue weighted by Gasteiger charge is -1.95. The van der Waals surface area contributed by atoms with E-state index in [2.05, 4.69) is 0 Å². The van der Waals surface area contributed by atoms with E-state index in [1.165, 1.54) is 11.1 Å². The van der Waals surface area contributed by atoms with E-state index in [0.717, 1.165) is 0 Å². The molecular formula is C2H7NO4S2. The lowest BCUT2D eigenvalue weighted by atomic mass is 11.0. The van der Waals surface area contributed by atoms with Gasteiger partial charge in [0.25, 0.3) is 0 Å². The van der Waals surface area contributed by atoms with Gasteiger partial charge in [0, 0.05) is 0 Å². The Labute approximate surface area is 55.9 Å². The maximum Gasteiger partial charge on any atom is 0.245 e. The third kappa shape index (κ3) is 4.52. The fourth-order valence-electron chi connectivity index (χ4n) is 0.168. The molecule has 0 fully saturated rings. The molecule has 0 radical (unpaired) electrons. The lowest BCUT2D eigenvalue weighted by molar-refractivity contribution is 0.554. The normalized spacial score (nSPS) is 15.3. The largest absolute Gasteiger partial charge is 0.293 e. The Hall–Kier alpha value is 0.0200. The molecule has 0 amide bonds. The fourth-order valence-corrected chi connectivity index (χ4v) is 1.51. The Kier molecular flexibility index (Phi) is 3.26. The van der Waals surface area contributed by atoms with Crippen LogP contribution in [0.15, 0.2) is 0 Å². The lowest BCUT2D eigenvalue weighted by Crippen LogP contribution is -2.26. The van der Waals surface area contributed by atoms with Gasteiger partial charge in [0.05, 0.1) is 5.75 Å². The Bertz CT molecular complexity index is 195. The minimum absolute atomic E-state index is 0.195. The van der Waals surface area contributed by atoms with Crippen molar-refractivity contribution in [1.29, 1.82) is 0 Å². The topological polar surface area (TPSA) is 83.5 Å². The van der Waals surface area contributed by atoms with E-state index in [1.54, 1.807) is 0 Å². The molecule has 0 rings (SSSR count). The van der Waals surface area contributed by atoms with Crippen LogP contribution in [0.2, 0.25) is 0 Å². The SMILES string of the molecule is CCS(=O)(=O)NS(=O)O. The second-order valence-electron chi connectivity index (χ2n) is 1.24. The second-order valence-corrected chi connectivity index (χ2v) is 4.21. The van der Waals surface area contributed by atoms with E-state index in [9.17, 15) is 12.6 Å². The van der Waals surface area contributed by atoms with Gasteiger partial charge in [-0.1, -0.05) is 0 Å². The van der Waals surface area contributed by atoms with E-state index in [0.29, 0.717) is 0 Å². The zero-order valence-corrected chi connectivity index (χ0v) is 6.33. The molecule has 0 aliphatic heterocycles. The molecule has 5 nitrogen and oxygen atoms in total. The highest BCUT2D eigenvalue weighted by Gasteiger charge is 2.07. The maximum atomic E-state index is 10.3. The molecule has 9 heavy (non-hydrogen) atoms. The average molecular weight is 173 g/mol. The van der Waals surface area contributed by atoms with Gasteiger partial charge in [-0.05, 0) is 6.92 Å². The average Bonchev–Trinajstić information content (AvgIpc) is 1.63. The van der Waals surface area contributed by atoms with Crippen LogP contribution < -0.4 is 4.13 Å².